The zero-order valence-electron chi connectivity index (χ0n) is 14.9. The monoisotopic (exact) mass is 323 g/mol. The number of hydrogen-bond acceptors (Lipinski definition) is 3. The molecule has 2 heterocycles. The molecule has 132 valence electrons. The molecule has 0 radical (unpaired) electrons. The normalized spacial score (nSPS) is 27.6. The summed E-state index contributed by atoms with van der Waals surface area (Å²) in [5.41, 5.74) is -0.105. The summed E-state index contributed by atoms with van der Waals surface area (Å²) >= 11 is 0. The second-order valence-corrected chi connectivity index (χ2v) is 8.31. The summed E-state index contributed by atoms with van der Waals surface area (Å²) in [6, 6.07) is 0. The molecule has 1 amide bonds. The lowest BCUT2D eigenvalue weighted by molar-refractivity contribution is -0.202. The van der Waals surface area contributed by atoms with E-state index < -0.39 is 0 Å². The van der Waals surface area contributed by atoms with Crippen LogP contribution < -0.4 is 0 Å². The van der Waals surface area contributed by atoms with Gasteiger partial charge in [0, 0.05) is 26.1 Å². The van der Waals surface area contributed by atoms with Crippen molar-refractivity contribution >= 4 is 5.91 Å². The average Bonchev–Trinajstić information content (AvgIpc) is 3.02. The van der Waals surface area contributed by atoms with Gasteiger partial charge in [0.1, 0.15) is 5.60 Å². The van der Waals surface area contributed by atoms with E-state index in [9.17, 15) is 4.79 Å². The molecule has 2 aliphatic heterocycles. The van der Waals surface area contributed by atoms with Gasteiger partial charge in [-0.3, -0.25) is 4.79 Å². The Hall–Kier alpha value is -0.610. The number of rotatable bonds is 6. The molecule has 0 aromatic rings. The molecule has 0 bridgehead atoms. The van der Waals surface area contributed by atoms with Crippen molar-refractivity contribution in [3.05, 3.63) is 0 Å². The molecule has 0 aromatic carbocycles. The maximum atomic E-state index is 12.2. The molecule has 23 heavy (non-hydrogen) atoms. The molecular formula is C19H33NO3. The fraction of sp³-hybridized carbons (Fsp3) is 0.947. The molecule has 4 heteroatoms. The Kier molecular flexibility index (Phi) is 5.63. The minimum atomic E-state index is -0.105. The highest BCUT2D eigenvalue weighted by Gasteiger charge is 2.49. The molecule has 2 saturated heterocycles. The SMILES string of the molecule is CC(C)CCC(=O)N1CC2(CC(OCC3CCCC3)CCO2)C1. The van der Waals surface area contributed by atoms with E-state index >= 15 is 0 Å². The predicted molar refractivity (Wildman–Crippen MR) is 90.3 cm³/mol. The number of nitrogens with zero attached hydrogens (tertiary/aromatic N) is 1. The van der Waals surface area contributed by atoms with Gasteiger partial charge >= 0.3 is 0 Å². The molecule has 3 fully saturated rings. The Morgan fingerprint density at radius 2 is 2.00 bits per heavy atom. The van der Waals surface area contributed by atoms with E-state index in [4.69, 9.17) is 9.47 Å². The van der Waals surface area contributed by atoms with Crippen LogP contribution in [0.2, 0.25) is 0 Å². The van der Waals surface area contributed by atoms with Crippen molar-refractivity contribution in [2.24, 2.45) is 11.8 Å². The molecule has 1 unspecified atom stereocenters. The van der Waals surface area contributed by atoms with Crippen LogP contribution in [0.5, 0.6) is 0 Å². The number of ether oxygens (including phenoxy) is 2. The first kappa shape index (κ1) is 17.2. The Labute approximate surface area is 140 Å². The number of carbonyl (C=O) groups is 1. The van der Waals surface area contributed by atoms with E-state index in [2.05, 4.69) is 13.8 Å². The standard InChI is InChI=1S/C19H33NO3/c1-15(2)7-8-18(21)20-13-19(14-20)11-17(9-10-23-19)22-12-16-5-3-4-6-16/h15-17H,3-14H2,1-2H3. The second-order valence-electron chi connectivity index (χ2n) is 8.31. The van der Waals surface area contributed by atoms with Gasteiger partial charge in [-0.1, -0.05) is 26.7 Å². The first-order valence-electron chi connectivity index (χ1n) is 9.60. The zero-order valence-corrected chi connectivity index (χ0v) is 14.9. The van der Waals surface area contributed by atoms with Gasteiger partial charge in [0.15, 0.2) is 0 Å². The quantitative estimate of drug-likeness (QED) is 0.752. The van der Waals surface area contributed by atoms with E-state index in [-0.39, 0.29) is 5.60 Å². The van der Waals surface area contributed by atoms with Crippen LogP contribution in [0.1, 0.15) is 65.2 Å². The molecule has 0 aromatic heterocycles. The van der Waals surface area contributed by atoms with Gasteiger partial charge in [0.25, 0.3) is 0 Å². The molecule has 3 rings (SSSR count). The van der Waals surface area contributed by atoms with Gasteiger partial charge in [-0.05, 0) is 37.5 Å². The molecular weight excluding hydrogens is 290 g/mol. The van der Waals surface area contributed by atoms with Gasteiger partial charge in [0.05, 0.1) is 19.2 Å². The van der Waals surface area contributed by atoms with Crippen LogP contribution in [-0.2, 0) is 14.3 Å². The number of likely N-dealkylation sites (tertiary alicyclic amines) is 1. The van der Waals surface area contributed by atoms with Crippen molar-refractivity contribution in [1.29, 1.82) is 0 Å². The van der Waals surface area contributed by atoms with Gasteiger partial charge in [-0.15, -0.1) is 0 Å². The summed E-state index contributed by atoms with van der Waals surface area (Å²) in [7, 11) is 0. The van der Waals surface area contributed by atoms with Gasteiger partial charge < -0.3 is 14.4 Å². The number of hydrogen-bond donors (Lipinski definition) is 0. The molecule has 4 nitrogen and oxygen atoms in total. The Bertz CT molecular complexity index is 397. The molecule has 1 spiro atoms. The van der Waals surface area contributed by atoms with Gasteiger partial charge in [0.2, 0.25) is 5.91 Å². The van der Waals surface area contributed by atoms with Crippen LogP contribution in [0.3, 0.4) is 0 Å². The highest BCUT2D eigenvalue weighted by atomic mass is 16.5. The van der Waals surface area contributed by atoms with E-state index in [0.717, 1.165) is 51.5 Å². The van der Waals surface area contributed by atoms with Crippen molar-refractivity contribution in [2.75, 3.05) is 26.3 Å². The van der Waals surface area contributed by atoms with Crippen LogP contribution >= 0.6 is 0 Å². The molecule has 1 atom stereocenters. The maximum absolute atomic E-state index is 12.2. The van der Waals surface area contributed by atoms with Crippen LogP contribution in [0.4, 0.5) is 0 Å². The van der Waals surface area contributed by atoms with E-state index in [1.807, 2.05) is 4.90 Å². The molecule has 1 saturated carbocycles. The molecule has 3 aliphatic rings. The fourth-order valence-corrected chi connectivity index (χ4v) is 4.19. The van der Waals surface area contributed by atoms with Crippen molar-refractivity contribution in [3.63, 3.8) is 0 Å². The first-order valence-corrected chi connectivity index (χ1v) is 9.60. The summed E-state index contributed by atoms with van der Waals surface area (Å²) < 4.78 is 12.2. The molecule has 1 aliphatic carbocycles. The third-order valence-corrected chi connectivity index (χ3v) is 5.74. The van der Waals surface area contributed by atoms with Crippen LogP contribution in [0.25, 0.3) is 0 Å². The highest BCUT2D eigenvalue weighted by Crippen LogP contribution is 2.36. The topological polar surface area (TPSA) is 38.8 Å². The van der Waals surface area contributed by atoms with Crippen molar-refractivity contribution in [2.45, 2.75) is 76.9 Å². The third-order valence-electron chi connectivity index (χ3n) is 5.74. The summed E-state index contributed by atoms with van der Waals surface area (Å²) in [6.07, 6.45) is 9.39. The summed E-state index contributed by atoms with van der Waals surface area (Å²) in [5, 5.41) is 0. The van der Waals surface area contributed by atoms with Crippen LogP contribution in [0.15, 0.2) is 0 Å². The Morgan fingerprint density at radius 3 is 2.70 bits per heavy atom. The van der Waals surface area contributed by atoms with Crippen LogP contribution in [-0.4, -0.2) is 48.8 Å². The number of carbonyl (C=O) groups excluding carboxylic acids is 1. The largest absolute Gasteiger partial charge is 0.378 e. The van der Waals surface area contributed by atoms with Crippen molar-refractivity contribution in [1.82, 2.24) is 4.90 Å². The minimum absolute atomic E-state index is 0.105. The van der Waals surface area contributed by atoms with Crippen LogP contribution in [0, 0.1) is 11.8 Å². The van der Waals surface area contributed by atoms with Gasteiger partial charge in [-0.25, -0.2) is 0 Å². The molecule has 0 N–H and O–H groups in total. The summed E-state index contributed by atoms with van der Waals surface area (Å²) in [4.78, 5) is 14.2. The second kappa shape index (κ2) is 7.52. The smallest absolute Gasteiger partial charge is 0.222 e. The minimum Gasteiger partial charge on any atom is -0.378 e. The summed E-state index contributed by atoms with van der Waals surface area (Å²) in [6.45, 7) is 7.59. The van der Waals surface area contributed by atoms with Crippen molar-refractivity contribution in [3.8, 4) is 0 Å². The number of amides is 1. The lowest BCUT2D eigenvalue weighted by Crippen LogP contribution is -2.67. The maximum Gasteiger partial charge on any atom is 0.222 e. The fourth-order valence-electron chi connectivity index (χ4n) is 4.19. The van der Waals surface area contributed by atoms with E-state index in [1.165, 1.54) is 25.7 Å². The van der Waals surface area contributed by atoms with Gasteiger partial charge in [-0.2, -0.15) is 0 Å². The average molecular weight is 323 g/mol. The Morgan fingerprint density at radius 1 is 1.26 bits per heavy atom. The third kappa shape index (κ3) is 4.48. The predicted octanol–water partition coefficient (Wildman–Crippen LogP) is 3.39. The van der Waals surface area contributed by atoms with Crippen molar-refractivity contribution < 1.29 is 14.3 Å². The zero-order chi connectivity index (χ0) is 16.3. The lowest BCUT2D eigenvalue weighted by atomic mass is 9.84. The Balaban J connectivity index is 1.39. The first-order chi connectivity index (χ1) is 11.1. The van der Waals surface area contributed by atoms with E-state index in [0.29, 0.717) is 24.3 Å². The lowest BCUT2D eigenvalue weighted by Gasteiger charge is -2.53. The highest BCUT2D eigenvalue weighted by molar-refractivity contribution is 5.77. The summed E-state index contributed by atoms with van der Waals surface area (Å²) in [5.74, 6) is 1.67. The van der Waals surface area contributed by atoms with E-state index in [1.54, 1.807) is 0 Å².